The van der Waals surface area contributed by atoms with Gasteiger partial charge in [-0.3, -0.25) is 0 Å². The van der Waals surface area contributed by atoms with Crippen LogP contribution < -0.4 is 0 Å². The van der Waals surface area contributed by atoms with E-state index in [0.717, 1.165) is 0 Å². The highest BCUT2D eigenvalue weighted by atomic mass is 14.2. The van der Waals surface area contributed by atoms with Gasteiger partial charge in [0.25, 0.3) is 0 Å². The molecular weight excluding hydrogens is 168 g/mol. The van der Waals surface area contributed by atoms with Crippen molar-refractivity contribution in [3.63, 3.8) is 0 Å². The first kappa shape index (κ1) is 11.3. The van der Waals surface area contributed by atoms with Gasteiger partial charge in [0.2, 0.25) is 0 Å². The van der Waals surface area contributed by atoms with Gasteiger partial charge in [-0.2, -0.15) is 0 Å². The molecular formula is C14H22. The van der Waals surface area contributed by atoms with E-state index < -0.39 is 0 Å². The Balaban J connectivity index is 2.48. The van der Waals surface area contributed by atoms with E-state index in [-0.39, 0.29) is 0 Å². The lowest BCUT2D eigenvalue weighted by molar-refractivity contribution is 0.352. The minimum absolute atomic E-state index is 0.461. The van der Waals surface area contributed by atoms with Gasteiger partial charge >= 0.3 is 0 Å². The first-order valence-corrected chi connectivity index (χ1v) is 5.54. The zero-order valence-corrected chi connectivity index (χ0v) is 9.88. The monoisotopic (exact) mass is 190 g/mol. The van der Waals surface area contributed by atoms with Gasteiger partial charge in [-0.05, 0) is 29.7 Å². The van der Waals surface area contributed by atoms with Crippen LogP contribution in [0.2, 0.25) is 0 Å². The van der Waals surface area contributed by atoms with Gasteiger partial charge in [-0.15, -0.1) is 0 Å². The molecule has 0 aliphatic carbocycles. The average molecular weight is 190 g/mol. The number of hydrogen-bond acceptors (Lipinski definition) is 0. The molecule has 0 spiro atoms. The van der Waals surface area contributed by atoms with Gasteiger partial charge in [0.05, 0.1) is 0 Å². The Labute approximate surface area is 88.4 Å². The molecule has 0 aliphatic heterocycles. The molecule has 0 amide bonds. The maximum atomic E-state index is 2.32. The molecule has 1 atom stereocenters. The number of hydrogen-bond donors (Lipinski definition) is 0. The molecule has 1 aromatic rings. The summed E-state index contributed by atoms with van der Waals surface area (Å²) in [6, 6.07) is 10.8. The van der Waals surface area contributed by atoms with Crippen LogP contribution in [0.1, 0.15) is 52.0 Å². The fraction of sp³-hybridized carbons (Fsp3) is 0.571. The van der Waals surface area contributed by atoms with Crippen molar-refractivity contribution in [1.82, 2.24) is 0 Å². The average Bonchev–Trinajstić information content (AvgIpc) is 2.14. The van der Waals surface area contributed by atoms with E-state index in [2.05, 4.69) is 58.0 Å². The lowest BCUT2D eigenvalue weighted by Crippen LogP contribution is -2.06. The van der Waals surface area contributed by atoms with E-state index in [1.54, 1.807) is 0 Å². The molecule has 14 heavy (non-hydrogen) atoms. The summed E-state index contributed by atoms with van der Waals surface area (Å²) in [7, 11) is 0. The molecule has 1 unspecified atom stereocenters. The Morgan fingerprint density at radius 3 is 2.14 bits per heavy atom. The highest BCUT2D eigenvalue weighted by molar-refractivity contribution is 5.18. The molecule has 0 radical (unpaired) electrons. The third kappa shape index (κ3) is 3.95. The summed E-state index contributed by atoms with van der Waals surface area (Å²) in [4.78, 5) is 0. The maximum Gasteiger partial charge on any atom is -0.0190 e. The molecule has 0 heteroatoms. The molecule has 0 saturated heterocycles. The molecule has 0 aromatic heterocycles. The molecule has 1 rings (SSSR count). The first-order valence-electron chi connectivity index (χ1n) is 5.54. The SMILES string of the molecule is CC(CCC(C)(C)C)c1ccccc1. The summed E-state index contributed by atoms with van der Waals surface area (Å²) >= 11 is 0. The van der Waals surface area contributed by atoms with Crippen LogP contribution in [0.5, 0.6) is 0 Å². The predicted octanol–water partition coefficient (Wildman–Crippen LogP) is 4.62. The van der Waals surface area contributed by atoms with Crippen LogP contribution in [0.3, 0.4) is 0 Å². The van der Waals surface area contributed by atoms with Crippen molar-refractivity contribution in [3.8, 4) is 0 Å². The lowest BCUT2D eigenvalue weighted by Gasteiger charge is -2.21. The van der Waals surface area contributed by atoms with E-state index in [0.29, 0.717) is 11.3 Å². The summed E-state index contributed by atoms with van der Waals surface area (Å²) in [5.74, 6) is 0.690. The summed E-state index contributed by atoms with van der Waals surface area (Å²) < 4.78 is 0. The van der Waals surface area contributed by atoms with Crippen LogP contribution in [0.15, 0.2) is 30.3 Å². The van der Waals surface area contributed by atoms with E-state index in [1.165, 1.54) is 18.4 Å². The zero-order chi connectivity index (χ0) is 10.6. The van der Waals surface area contributed by atoms with Crippen molar-refractivity contribution < 1.29 is 0 Å². The topological polar surface area (TPSA) is 0 Å². The molecule has 0 bridgehead atoms. The largest absolute Gasteiger partial charge is 0.0622 e. The molecule has 0 nitrogen and oxygen atoms in total. The number of benzene rings is 1. The van der Waals surface area contributed by atoms with Gasteiger partial charge in [0.1, 0.15) is 0 Å². The fourth-order valence-electron chi connectivity index (χ4n) is 1.60. The summed E-state index contributed by atoms with van der Waals surface area (Å²) in [5, 5.41) is 0. The number of rotatable bonds is 3. The third-order valence-electron chi connectivity index (χ3n) is 2.70. The second kappa shape index (κ2) is 4.63. The van der Waals surface area contributed by atoms with Crippen LogP contribution in [-0.4, -0.2) is 0 Å². The van der Waals surface area contributed by atoms with Crippen molar-refractivity contribution in [2.75, 3.05) is 0 Å². The van der Waals surface area contributed by atoms with E-state index in [4.69, 9.17) is 0 Å². The standard InChI is InChI=1S/C14H22/c1-12(10-11-14(2,3)4)13-8-6-5-7-9-13/h5-9,12H,10-11H2,1-4H3. The molecule has 78 valence electrons. The van der Waals surface area contributed by atoms with Gasteiger partial charge in [-0.1, -0.05) is 58.0 Å². The Kier molecular flexibility index (Phi) is 3.74. The van der Waals surface area contributed by atoms with Crippen LogP contribution in [0.25, 0.3) is 0 Å². The molecule has 0 heterocycles. The molecule has 0 aliphatic rings. The van der Waals surface area contributed by atoms with Crippen molar-refractivity contribution in [3.05, 3.63) is 35.9 Å². The second-order valence-electron chi connectivity index (χ2n) is 5.41. The summed E-state index contributed by atoms with van der Waals surface area (Å²) in [5.41, 5.74) is 1.93. The smallest absolute Gasteiger partial charge is 0.0190 e. The van der Waals surface area contributed by atoms with Crippen LogP contribution in [0, 0.1) is 5.41 Å². The minimum Gasteiger partial charge on any atom is -0.0622 e. The van der Waals surface area contributed by atoms with Gasteiger partial charge in [-0.25, -0.2) is 0 Å². The van der Waals surface area contributed by atoms with Crippen LogP contribution >= 0.6 is 0 Å². The quantitative estimate of drug-likeness (QED) is 0.652. The second-order valence-corrected chi connectivity index (χ2v) is 5.41. The molecule has 0 fully saturated rings. The van der Waals surface area contributed by atoms with Gasteiger partial charge in [0, 0.05) is 0 Å². The Bertz CT molecular complexity index is 253. The fourth-order valence-corrected chi connectivity index (χ4v) is 1.60. The van der Waals surface area contributed by atoms with Crippen molar-refractivity contribution in [2.45, 2.75) is 46.5 Å². The third-order valence-corrected chi connectivity index (χ3v) is 2.70. The highest BCUT2D eigenvalue weighted by Crippen LogP contribution is 2.28. The summed E-state index contributed by atoms with van der Waals surface area (Å²) in [6.07, 6.45) is 2.58. The Morgan fingerprint density at radius 1 is 1.07 bits per heavy atom. The van der Waals surface area contributed by atoms with E-state index in [9.17, 15) is 0 Å². The molecule has 0 N–H and O–H groups in total. The zero-order valence-electron chi connectivity index (χ0n) is 9.88. The summed E-state index contributed by atoms with van der Waals surface area (Å²) in [6.45, 7) is 9.25. The minimum atomic E-state index is 0.461. The van der Waals surface area contributed by atoms with Crippen molar-refractivity contribution in [1.29, 1.82) is 0 Å². The Hall–Kier alpha value is -0.780. The van der Waals surface area contributed by atoms with Crippen LogP contribution in [0.4, 0.5) is 0 Å². The van der Waals surface area contributed by atoms with Crippen molar-refractivity contribution in [2.24, 2.45) is 5.41 Å². The lowest BCUT2D eigenvalue weighted by atomic mass is 9.85. The maximum absolute atomic E-state index is 2.32. The van der Waals surface area contributed by atoms with Gasteiger partial charge < -0.3 is 0 Å². The molecule has 0 saturated carbocycles. The first-order chi connectivity index (χ1) is 6.49. The predicted molar refractivity (Wildman–Crippen MR) is 63.5 cm³/mol. The normalized spacial score (nSPS) is 14.0. The highest BCUT2D eigenvalue weighted by Gasteiger charge is 2.13. The molecule has 1 aromatic carbocycles. The Morgan fingerprint density at radius 2 is 1.64 bits per heavy atom. The van der Waals surface area contributed by atoms with E-state index >= 15 is 0 Å². The van der Waals surface area contributed by atoms with Crippen molar-refractivity contribution >= 4 is 0 Å². The van der Waals surface area contributed by atoms with E-state index in [1.807, 2.05) is 0 Å². The van der Waals surface area contributed by atoms with Gasteiger partial charge in [0.15, 0.2) is 0 Å². The van der Waals surface area contributed by atoms with Crippen LogP contribution in [-0.2, 0) is 0 Å².